The number of benzene rings is 2. The molecule has 2 amide bonds. The van der Waals surface area contributed by atoms with Crippen LogP contribution in [0.5, 0.6) is 0 Å². The van der Waals surface area contributed by atoms with Crippen molar-refractivity contribution in [1.82, 2.24) is 0 Å². The van der Waals surface area contributed by atoms with Gasteiger partial charge < -0.3 is 10.6 Å². The lowest BCUT2D eigenvalue weighted by atomic mass is 10.1. The van der Waals surface area contributed by atoms with E-state index in [-0.39, 0.29) is 11.8 Å². The van der Waals surface area contributed by atoms with Crippen LogP contribution in [0.3, 0.4) is 0 Å². The Hall–Kier alpha value is -2.33. The molecule has 5 heteroatoms. The van der Waals surface area contributed by atoms with Crippen LogP contribution in [0.25, 0.3) is 0 Å². The minimum Gasteiger partial charge on any atom is -0.326 e. The summed E-state index contributed by atoms with van der Waals surface area (Å²) in [6.45, 7) is 3.31. The van der Waals surface area contributed by atoms with Crippen molar-refractivity contribution < 1.29 is 9.59 Å². The van der Waals surface area contributed by atoms with Gasteiger partial charge in [0.2, 0.25) is 5.91 Å². The van der Waals surface area contributed by atoms with E-state index in [1.165, 1.54) is 6.92 Å². The highest BCUT2D eigenvalue weighted by molar-refractivity contribution is 6.30. The number of nitrogens with one attached hydrogen (secondary N) is 2. The van der Waals surface area contributed by atoms with Crippen LogP contribution in [0.2, 0.25) is 5.02 Å². The number of amides is 2. The third kappa shape index (κ3) is 4.07. The molecule has 2 N–H and O–H groups in total. The summed E-state index contributed by atoms with van der Waals surface area (Å²) in [5, 5.41) is 6.11. The Morgan fingerprint density at radius 3 is 2.24 bits per heavy atom. The third-order valence-electron chi connectivity index (χ3n) is 2.90. The van der Waals surface area contributed by atoms with Gasteiger partial charge in [0.25, 0.3) is 5.91 Å². The fourth-order valence-corrected chi connectivity index (χ4v) is 2.10. The topological polar surface area (TPSA) is 58.2 Å². The van der Waals surface area contributed by atoms with Crippen LogP contribution >= 0.6 is 11.6 Å². The number of hydrogen-bond donors (Lipinski definition) is 2. The molecule has 0 fully saturated rings. The normalized spacial score (nSPS) is 10.0. The SMILES string of the molecule is CC(=O)Nc1ccc(C(=O)Nc2ccc(Cl)cc2C)cc1. The first-order chi connectivity index (χ1) is 9.95. The minimum absolute atomic E-state index is 0.149. The van der Waals surface area contributed by atoms with Gasteiger partial charge >= 0.3 is 0 Å². The average molecular weight is 303 g/mol. The van der Waals surface area contributed by atoms with Crippen molar-refractivity contribution in [3.05, 3.63) is 58.6 Å². The van der Waals surface area contributed by atoms with Gasteiger partial charge in [-0.3, -0.25) is 9.59 Å². The summed E-state index contributed by atoms with van der Waals surface area (Å²) in [5.41, 5.74) is 2.78. The average Bonchev–Trinajstić information content (AvgIpc) is 2.42. The van der Waals surface area contributed by atoms with Gasteiger partial charge in [-0.2, -0.15) is 0 Å². The number of anilines is 2. The lowest BCUT2D eigenvalue weighted by Gasteiger charge is -2.09. The lowest BCUT2D eigenvalue weighted by molar-refractivity contribution is -0.114. The highest BCUT2D eigenvalue weighted by Gasteiger charge is 2.08. The number of rotatable bonds is 3. The zero-order valence-electron chi connectivity index (χ0n) is 11.7. The largest absolute Gasteiger partial charge is 0.326 e. The monoisotopic (exact) mass is 302 g/mol. The molecular formula is C16H15ClN2O2. The molecule has 0 saturated carbocycles. The summed E-state index contributed by atoms with van der Waals surface area (Å²) in [6.07, 6.45) is 0. The van der Waals surface area contributed by atoms with Crippen LogP contribution in [0.15, 0.2) is 42.5 Å². The molecule has 0 aliphatic carbocycles. The van der Waals surface area contributed by atoms with Gasteiger partial charge in [0, 0.05) is 28.9 Å². The number of aryl methyl sites for hydroxylation is 1. The van der Waals surface area contributed by atoms with Crippen LogP contribution in [0.1, 0.15) is 22.8 Å². The van der Waals surface area contributed by atoms with E-state index in [1.807, 2.05) is 6.92 Å². The number of carbonyl (C=O) groups is 2. The maximum Gasteiger partial charge on any atom is 0.255 e. The van der Waals surface area contributed by atoms with E-state index in [4.69, 9.17) is 11.6 Å². The van der Waals surface area contributed by atoms with E-state index in [0.29, 0.717) is 16.3 Å². The molecule has 4 nitrogen and oxygen atoms in total. The van der Waals surface area contributed by atoms with Crippen molar-refractivity contribution in [2.45, 2.75) is 13.8 Å². The molecule has 0 aliphatic heterocycles. The maximum absolute atomic E-state index is 12.2. The summed E-state index contributed by atoms with van der Waals surface area (Å²) >= 11 is 5.88. The molecule has 21 heavy (non-hydrogen) atoms. The van der Waals surface area contributed by atoms with E-state index < -0.39 is 0 Å². The van der Waals surface area contributed by atoms with E-state index in [1.54, 1.807) is 42.5 Å². The van der Waals surface area contributed by atoms with Crippen molar-refractivity contribution in [3.8, 4) is 0 Å². The first-order valence-electron chi connectivity index (χ1n) is 6.41. The Bertz CT molecular complexity index is 681. The number of carbonyl (C=O) groups excluding carboxylic acids is 2. The molecular weight excluding hydrogens is 288 g/mol. The first-order valence-corrected chi connectivity index (χ1v) is 6.78. The molecule has 0 aliphatic rings. The lowest BCUT2D eigenvalue weighted by Crippen LogP contribution is -2.13. The minimum atomic E-state index is -0.213. The van der Waals surface area contributed by atoms with E-state index in [2.05, 4.69) is 10.6 Å². The first kappa shape index (κ1) is 15.1. The van der Waals surface area contributed by atoms with Crippen LogP contribution < -0.4 is 10.6 Å². The van der Waals surface area contributed by atoms with Gasteiger partial charge in [-0.05, 0) is 55.0 Å². The van der Waals surface area contributed by atoms with Crippen LogP contribution in [-0.4, -0.2) is 11.8 Å². The van der Waals surface area contributed by atoms with Gasteiger partial charge in [-0.1, -0.05) is 11.6 Å². The summed E-state index contributed by atoms with van der Waals surface area (Å²) in [5.74, 6) is -0.362. The Kier molecular flexibility index (Phi) is 4.60. The van der Waals surface area contributed by atoms with E-state index >= 15 is 0 Å². The van der Waals surface area contributed by atoms with Crippen LogP contribution in [0, 0.1) is 6.92 Å². The molecule has 2 aromatic rings. The van der Waals surface area contributed by atoms with Crippen molar-refractivity contribution in [2.75, 3.05) is 10.6 Å². The highest BCUT2D eigenvalue weighted by atomic mass is 35.5. The summed E-state index contributed by atoms with van der Waals surface area (Å²) in [4.78, 5) is 23.1. The molecule has 0 saturated heterocycles. The van der Waals surface area contributed by atoms with E-state index in [0.717, 1.165) is 11.3 Å². The second-order valence-corrected chi connectivity index (χ2v) is 5.11. The van der Waals surface area contributed by atoms with Gasteiger partial charge in [0.15, 0.2) is 0 Å². The highest BCUT2D eigenvalue weighted by Crippen LogP contribution is 2.20. The molecule has 0 atom stereocenters. The molecule has 0 unspecified atom stereocenters. The van der Waals surface area contributed by atoms with Gasteiger partial charge in [0.1, 0.15) is 0 Å². The van der Waals surface area contributed by atoms with E-state index in [9.17, 15) is 9.59 Å². The molecule has 0 heterocycles. The smallest absolute Gasteiger partial charge is 0.255 e. The maximum atomic E-state index is 12.2. The zero-order chi connectivity index (χ0) is 15.4. The van der Waals surface area contributed by atoms with Crippen molar-refractivity contribution >= 4 is 34.8 Å². The van der Waals surface area contributed by atoms with Crippen molar-refractivity contribution in [2.24, 2.45) is 0 Å². The second kappa shape index (κ2) is 6.41. The summed E-state index contributed by atoms with van der Waals surface area (Å²) < 4.78 is 0. The Balaban J connectivity index is 2.11. The molecule has 0 spiro atoms. The molecule has 2 rings (SSSR count). The predicted octanol–water partition coefficient (Wildman–Crippen LogP) is 3.86. The Labute approximate surface area is 128 Å². The number of halogens is 1. The van der Waals surface area contributed by atoms with Crippen LogP contribution in [0.4, 0.5) is 11.4 Å². The Morgan fingerprint density at radius 2 is 1.67 bits per heavy atom. The fourth-order valence-electron chi connectivity index (χ4n) is 1.87. The van der Waals surface area contributed by atoms with Gasteiger partial charge in [0.05, 0.1) is 0 Å². The van der Waals surface area contributed by atoms with Crippen molar-refractivity contribution in [3.63, 3.8) is 0 Å². The molecule has 108 valence electrons. The van der Waals surface area contributed by atoms with Crippen molar-refractivity contribution in [1.29, 1.82) is 0 Å². The Morgan fingerprint density at radius 1 is 1.00 bits per heavy atom. The van der Waals surface area contributed by atoms with Gasteiger partial charge in [-0.15, -0.1) is 0 Å². The third-order valence-corrected chi connectivity index (χ3v) is 3.14. The second-order valence-electron chi connectivity index (χ2n) is 4.67. The molecule has 0 radical (unpaired) electrons. The zero-order valence-corrected chi connectivity index (χ0v) is 12.5. The van der Waals surface area contributed by atoms with Gasteiger partial charge in [-0.25, -0.2) is 0 Å². The molecule has 0 aromatic heterocycles. The molecule has 2 aromatic carbocycles. The predicted molar refractivity (Wildman–Crippen MR) is 84.9 cm³/mol. The summed E-state index contributed by atoms with van der Waals surface area (Å²) in [6, 6.07) is 12.0. The quantitative estimate of drug-likeness (QED) is 0.904. The number of hydrogen-bond acceptors (Lipinski definition) is 2. The fraction of sp³-hybridized carbons (Fsp3) is 0.125. The van der Waals surface area contributed by atoms with Crippen LogP contribution in [-0.2, 0) is 4.79 Å². The standard InChI is InChI=1S/C16H15ClN2O2/c1-10-9-13(17)5-8-15(10)19-16(21)12-3-6-14(7-4-12)18-11(2)20/h3-9H,1-2H3,(H,18,20)(H,19,21). The molecule has 0 bridgehead atoms. The summed E-state index contributed by atoms with van der Waals surface area (Å²) in [7, 11) is 0.